The number of hydrogen-bond acceptors (Lipinski definition) is 3. The van der Waals surface area contributed by atoms with Crippen molar-refractivity contribution in [2.45, 2.75) is 26.8 Å². The zero-order valence-electron chi connectivity index (χ0n) is 11.0. The Balaban J connectivity index is 2.25. The van der Waals surface area contributed by atoms with E-state index in [-0.39, 0.29) is 5.97 Å². The number of ether oxygens (including phenoxy) is 1. The molecule has 0 bridgehead atoms. The molecular formula is C14H18N2O2. The summed E-state index contributed by atoms with van der Waals surface area (Å²) in [5.74, 6) is 0.330. The number of esters is 1. The molecule has 1 heterocycles. The van der Waals surface area contributed by atoms with Gasteiger partial charge in [-0.2, -0.15) is 5.10 Å². The van der Waals surface area contributed by atoms with Gasteiger partial charge < -0.3 is 4.74 Å². The van der Waals surface area contributed by atoms with Crippen molar-refractivity contribution >= 4 is 16.9 Å². The van der Waals surface area contributed by atoms with Crippen LogP contribution in [0.4, 0.5) is 0 Å². The van der Waals surface area contributed by atoms with Crippen molar-refractivity contribution in [2.24, 2.45) is 5.92 Å². The average Bonchev–Trinajstić information content (AvgIpc) is 2.77. The fourth-order valence-electron chi connectivity index (χ4n) is 1.82. The lowest BCUT2D eigenvalue weighted by Crippen LogP contribution is -2.02. The molecule has 2 aromatic rings. The molecule has 4 nitrogen and oxygen atoms in total. The topological polar surface area (TPSA) is 44.1 Å². The average molecular weight is 246 g/mol. The summed E-state index contributed by atoms with van der Waals surface area (Å²) in [5, 5.41) is 5.52. The van der Waals surface area contributed by atoms with Crippen molar-refractivity contribution in [2.75, 3.05) is 7.11 Å². The van der Waals surface area contributed by atoms with Crippen molar-refractivity contribution in [1.29, 1.82) is 0 Å². The highest BCUT2D eigenvalue weighted by molar-refractivity contribution is 5.94. The lowest BCUT2D eigenvalue weighted by atomic mass is 10.1. The first-order valence-electron chi connectivity index (χ1n) is 6.15. The summed E-state index contributed by atoms with van der Waals surface area (Å²) >= 11 is 0. The minimum Gasteiger partial charge on any atom is -0.465 e. The predicted molar refractivity (Wildman–Crippen MR) is 70.5 cm³/mol. The third kappa shape index (κ3) is 2.70. The molecule has 0 atom stereocenters. The molecule has 0 amide bonds. The van der Waals surface area contributed by atoms with E-state index in [1.54, 1.807) is 12.1 Å². The minimum atomic E-state index is -0.325. The van der Waals surface area contributed by atoms with Crippen LogP contribution in [0.1, 0.15) is 30.6 Å². The molecular weight excluding hydrogens is 228 g/mol. The van der Waals surface area contributed by atoms with Gasteiger partial charge in [-0.25, -0.2) is 4.79 Å². The Morgan fingerprint density at radius 3 is 2.89 bits per heavy atom. The van der Waals surface area contributed by atoms with Crippen molar-refractivity contribution in [3.8, 4) is 0 Å². The maximum Gasteiger partial charge on any atom is 0.337 e. The Bertz CT molecular complexity index is 558. The Morgan fingerprint density at radius 1 is 1.44 bits per heavy atom. The molecule has 0 fully saturated rings. The molecule has 1 aromatic carbocycles. The van der Waals surface area contributed by atoms with Crippen LogP contribution >= 0.6 is 0 Å². The van der Waals surface area contributed by atoms with Gasteiger partial charge in [0.25, 0.3) is 0 Å². The molecule has 0 aliphatic rings. The lowest BCUT2D eigenvalue weighted by molar-refractivity contribution is 0.0601. The van der Waals surface area contributed by atoms with Gasteiger partial charge in [0, 0.05) is 18.1 Å². The van der Waals surface area contributed by atoms with E-state index in [1.165, 1.54) is 7.11 Å². The summed E-state index contributed by atoms with van der Waals surface area (Å²) in [6.07, 6.45) is 3.11. The smallest absolute Gasteiger partial charge is 0.337 e. The Kier molecular flexibility index (Phi) is 3.65. The van der Waals surface area contributed by atoms with Gasteiger partial charge in [0.2, 0.25) is 0 Å². The maximum absolute atomic E-state index is 11.4. The van der Waals surface area contributed by atoms with Crippen LogP contribution in [0, 0.1) is 5.92 Å². The zero-order valence-corrected chi connectivity index (χ0v) is 11.0. The highest BCUT2D eigenvalue weighted by Gasteiger charge is 2.08. The van der Waals surface area contributed by atoms with Crippen molar-refractivity contribution in [3.05, 3.63) is 30.0 Å². The maximum atomic E-state index is 11.4. The number of carbonyl (C=O) groups excluding carboxylic acids is 1. The van der Waals surface area contributed by atoms with E-state index in [0.717, 1.165) is 23.9 Å². The molecule has 2 rings (SSSR count). The summed E-state index contributed by atoms with van der Waals surface area (Å²) in [6, 6.07) is 5.44. The van der Waals surface area contributed by atoms with Crippen LogP contribution in [0.2, 0.25) is 0 Å². The zero-order chi connectivity index (χ0) is 13.1. The van der Waals surface area contributed by atoms with Crippen LogP contribution in [0.25, 0.3) is 10.9 Å². The van der Waals surface area contributed by atoms with Crippen molar-refractivity contribution in [1.82, 2.24) is 9.78 Å². The molecule has 0 N–H and O–H groups in total. The Labute approximate surface area is 107 Å². The second kappa shape index (κ2) is 5.21. The summed E-state index contributed by atoms with van der Waals surface area (Å²) in [6.45, 7) is 5.29. The SMILES string of the molecule is COC(=O)c1ccc2cn(CCC(C)C)nc2c1. The van der Waals surface area contributed by atoms with E-state index in [9.17, 15) is 4.79 Å². The van der Waals surface area contributed by atoms with E-state index < -0.39 is 0 Å². The molecule has 0 unspecified atom stereocenters. The van der Waals surface area contributed by atoms with E-state index in [4.69, 9.17) is 4.74 Å². The molecule has 4 heteroatoms. The quantitative estimate of drug-likeness (QED) is 0.779. The molecule has 0 aliphatic carbocycles. The molecule has 0 spiro atoms. The molecule has 0 saturated heterocycles. The first-order valence-corrected chi connectivity index (χ1v) is 6.15. The first-order chi connectivity index (χ1) is 8.60. The second-order valence-electron chi connectivity index (χ2n) is 4.84. The standard InChI is InChI=1S/C14H18N2O2/c1-10(2)6-7-16-9-12-5-4-11(14(17)18-3)8-13(12)15-16/h4-5,8-10H,6-7H2,1-3H3. The summed E-state index contributed by atoms with van der Waals surface area (Å²) < 4.78 is 6.63. The predicted octanol–water partition coefficient (Wildman–Crippen LogP) is 2.87. The first kappa shape index (κ1) is 12.6. The second-order valence-corrected chi connectivity index (χ2v) is 4.84. The van der Waals surface area contributed by atoms with Crippen LogP contribution < -0.4 is 0 Å². The fourth-order valence-corrected chi connectivity index (χ4v) is 1.82. The van der Waals surface area contributed by atoms with Crippen LogP contribution in [-0.4, -0.2) is 22.9 Å². The van der Waals surface area contributed by atoms with E-state index in [0.29, 0.717) is 11.5 Å². The summed E-state index contributed by atoms with van der Waals surface area (Å²) in [5.41, 5.74) is 1.38. The third-order valence-electron chi connectivity index (χ3n) is 2.91. The van der Waals surface area contributed by atoms with Gasteiger partial charge in [0.15, 0.2) is 0 Å². The minimum absolute atomic E-state index is 0.325. The van der Waals surface area contributed by atoms with Gasteiger partial charge in [-0.3, -0.25) is 4.68 Å². The van der Waals surface area contributed by atoms with Gasteiger partial charge in [0.05, 0.1) is 18.2 Å². The van der Waals surface area contributed by atoms with Crippen LogP contribution in [0.15, 0.2) is 24.4 Å². The van der Waals surface area contributed by atoms with Crippen LogP contribution in [0.3, 0.4) is 0 Å². The van der Waals surface area contributed by atoms with Gasteiger partial charge in [0.1, 0.15) is 0 Å². The number of benzene rings is 1. The summed E-state index contributed by atoms with van der Waals surface area (Å²) in [7, 11) is 1.38. The number of rotatable bonds is 4. The van der Waals surface area contributed by atoms with E-state index in [2.05, 4.69) is 18.9 Å². The van der Waals surface area contributed by atoms with Crippen molar-refractivity contribution < 1.29 is 9.53 Å². The molecule has 18 heavy (non-hydrogen) atoms. The molecule has 0 saturated carbocycles. The number of aromatic nitrogens is 2. The number of fused-ring (bicyclic) bond motifs is 1. The Hall–Kier alpha value is -1.84. The number of carbonyl (C=O) groups is 1. The molecule has 0 aliphatic heterocycles. The van der Waals surface area contributed by atoms with Gasteiger partial charge in [-0.15, -0.1) is 0 Å². The van der Waals surface area contributed by atoms with E-state index >= 15 is 0 Å². The van der Waals surface area contributed by atoms with Crippen LogP contribution in [0.5, 0.6) is 0 Å². The molecule has 96 valence electrons. The number of hydrogen-bond donors (Lipinski definition) is 0. The highest BCUT2D eigenvalue weighted by Crippen LogP contribution is 2.16. The molecule has 0 radical (unpaired) electrons. The molecule has 1 aromatic heterocycles. The number of nitrogens with zero attached hydrogens (tertiary/aromatic N) is 2. The lowest BCUT2D eigenvalue weighted by Gasteiger charge is -2.03. The fraction of sp³-hybridized carbons (Fsp3) is 0.429. The third-order valence-corrected chi connectivity index (χ3v) is 2.91. The van der Waals surface area contributed by atoms with Gasteiger partial charge in [-0.05, 0) is 24.5 Å². The largest absolute Gasteiger partial charge is 0.465 e. The van der Waals surface area contributed by atoms with Crippen molar-refractivity contribution in [3.63, 3.8) is 0 Å². The highest BCUT2D eigenvalue weighted by atomic mass is 16.5. The number of methoxy groups -OCH3 is 1. The monoisotopic (exact) mass is 246 g/mol. The normalized spacial score (nSPS) is 11.1. The Morgan fingerprint density at radius 2 is 2.22 bits per heavy atom. The van der Waals surface area contributed by atoms with E-state index in [1.807, 2.05) is 16.9 Å². The number of aryl methyl sites for hydroxylation is 1. The van der Waals surface area contributed by atoms with Gasteiger partial charge in [-0.1, -0.05) is 19.9 Å². The summed E-state index contributed by atoms with van der Waals surface area (Å²) in [4.78, 5) is 11.4. The van der Waals surface area contributed by atoms with Gasteiger partial charge >= 0.3 is 5.97 Å². The van der Waals surface area contributed by atoms with Crippen LogP contribution in [-0.2, 0) is 11.3 Å².